The second-order valence-electron chi connectivity index (χ2n) is 7.12. The third-order valence-electron chi connectivity index (χ3n) is 5.28. The van der Waals surface area contributed by atoms with Crippen molar-refractivity contribution < 1.29 is 4.79 Å². The summed E-state index contributed by atoms with van der Waals surface area (Å²) in [6.45, 7) is 5.83. The Morgan fingerprint density at radius 3 is 2.82 bits per heavy atom. The van der Waals surface area contributed by atoms with Crippen LogP contribution in [0.25, 0.3) is 10.8 Å². The quantitative estimate of drug-likeness (QED) is 0.717. The van der Waals surface area contributed by atoms with E-state index in [4.69, 9.17) is 0 Å². The minimum absolute atomic E-state index is 0.104. The van der Waals surface area contributed by atoms with Crippen LogP contribution in [-0.4, -0.2) is 27.2 Å². The Morgan fingerprint density at radius 1 is 1.21 bits per heavy atom. The molecule has 2 aromatic heterocycles. The van der Waals surface area contributed by atoms with Crippen LogP contribution in [0, 0.1) is 13.8 Å². The molecule has 0 radical (unpaired) electrons. The molecule has 28 heavy (non-hydrogen) atoms. The number of aryl methyl sites for hydroxylation is 2. The first-order valence-electron chi connectivity index (χ1n) is 9.44. The summed E-state index contributed by atoms with van der Waals surface area (Å²) in [6, 6.07) is 7.32. The zero-order valence-corrected chi connectivity index (χ0v) is 16.1. The maximum absolute atomic E-state index is 12.6. The number of aromatic nitrogens is 3. The van der Waals surface area contributed by atoms with Gasteiger partial charge in [0, 0.05) is 30.4 Å². The van der Waals surface area contributed by atoms with Crippen LogP contribution in [0.4, 0.5) is 0 Å². The second kappa shape index (κ2) is 7.52. The summed E-state index contributed by atoms with van der Waals surface area (Å²) in [5, 5.41) is 12.0. The zero-order valence-electron chi connectivity index (χ0n) is 16.1. The molecule has 0 atom stereocenters. The Hall–Kier alpha value is -3.06. The average molecular weight is 377 g/mol. The number of nitrogens with zero attached hydrogens (tertiary/aromatic N) is 3. The Kier molecular flexibility index (Phi) is 4.92. The van der Waals surface area contributed by atoms with E-state index >= 15 is 0 Å². The molecule has 0 unspecified atom stereocenters. The number of carbonyl (C=O) groups is 1. The first-order chi connectivity index (χ1) is 13.5. The molecule has 7 heteroatoms. The maximum Gasteiger partial charge on any atom is 0.275 e. The van der Waals surface area contributed by atoms with E-state index in [0.29, 0.717) is 11.9 Å². The molecule has 0 bridgehead atoms. The van der Waals surface area contributed by atoms with Crippen molar-refractivity contribution in [2.24, 2.45) is 0 Å². The van der Waals surface area contributed by atoms with Gasteiger partial charge in [0.15, 0.2) is 0 Å². The molecule has 1 aromatic carbocycles. The molecular formula is C21H23N5O2. The highest BCUT2D eigenvalue weighted by molar-refractivity contribution is 5.83. The van der Waals surface area contributed by atoms with Gasteiger partial charge in [-0.3, -0.25) is 14.6 Å². The molecule has 1 aliphatic heterocycles. The number of pyridine rings is 1. The highest BCUT2D eigenvalue weighted by Gasteiger charge is 2.17. The van der Waals surface area contributed by atoms with Gasteiger partial charge in [0.05, 0.1) is 11.1 Å². The Morgan fingerprint density at radius 2 is 2.00 bits per heavy atom. The molecule has 1 aliphatic rings. The van der Waals surface area contributed by atoms with Crippen molar-refractivity contribution in [1.82, 2.24) is 25.4 Å². The summed E-state index contributed by atoms with van der Waals surface area (Å²) in [5.74, 6) is -0.241. The normalized spacial score (nSPS) is 13.4. The lowest BCUT2D eigenvalue weighted by atomic mass is 9.96. The predicted octanol–water partition coefficient (Wildman–Crippen LogP) is 1.37. The van der Waals surface area contributed by atoms with Crippen molar-refractivity contribution in [3.8, 4) is 0 Å². The van der Waals surface area contributed by atoms with Crippen LogP contribution in [0.2, 0.25) is 0 Å². The van der Waals surface area contributed by atoms with Crippen LogP contribution in [0.5, 0.6) is 0 Å². The lowest BCUT2D eigenvalue weighted by Gasteiger charge is -2.21. The summed E-state index contributed by atoms with van der Waals surface area (Å²) < 4.78 is 1.24. The number of hydrogen-bond acceptors (Lipinski definition) is 5. The smallest absolute Gasteiger partial charge is 0.275 e. The number of carbonyl (C=O) groups excluding carboxylic acids is 1. The van der Waals surface area contributed by atoms with Crippen molar-refractivity contribution in [2.45, 2.75) is 39.9 Å². The van der Waals surface area contributed by atoms with Crippen molar-refractivity contribution in [2.75, 3.05) is 6.54 Å². The lowest BCUT2D eigenvalue weighted by Crippen LogP contribution is -2.34. The van der Waals surface area contributed by atoms with Crippen molar-refractivity contribution >= 4 is 16.7 Å². The van der Waals surface area contributed by atoms with E-state index in [-0.39, 0.29) is 18.0 Å². The highest BCUT2D eigenvalue weighted by Crippen LogP contribution is 2.20. The Labute approximate surface area is 162 Å². The molecule has 3 aromatic rings. The largest absolute Gasteiger partial charge is 0.350 e. The van der Waals surface area contributed by atoms with Gasteiger partial charge >= 0.3 is 0 Å². The monoisotopic (exact) mass is 377 g/mol. The van der Waals surface area contributed by atoms with Crippen LogP contribution in [0.3, 0.4) is 0 Å². The molecule has 2 N–H and O–H groups in total. The molecule has 1 amide bonds. The standard InChI is InChI=1S/C21H23N5O2/c1-13-19(17-7-8-22-9-15(17)10-23-13)11-24-20(27)12-26-21(28)18-6-4-3-5-16(18)14(2)25-26/h3-6,10,22H,7-9,11-12H2,1-2H3,(H,24,27). The Balaban J connectivity index is 1.53. The maximum atomic E-state index is 12.6. The molecular weight excluding hydrogens is 354 g/mol. The molecule has 3 heterocycles. The van der Waals surface area contributed by atoms with Gasteiger partial charge < -0.3 is 10.6 Å². The SMILES string of the molecule is Cc1ncc2c(c1CNC(=O)Cn1nc(C)c3ccccc3c1=O)CCNC2. The summed E-state index contributed by atoms with van der Waals surface area (Å²) >= 11 is 0. The van der Waals surface area contributed by atoms with Gasteiger partial charge in [-0.1, -0.05) is 18.2 Å². The molecule has 7 nitrogen and oxygen atoms in total. The summed E-state index contributed by atoms with van der Waals surface area (Å²) in [4.78, 5) is 29.6. The number of fused-ring (bicyclic) bond motifs is 2. The highest BCUT2D eigenvalue weighted by atomic mass is 16.2. The fourth-order valence-corrected chi connectivity index (χ4v) is 3.77. The van der Waals surface area contributed by atoms with E-state index in [1.165, 1.54) is 15.8 Å². The van der Waals surface area contributed by atoms with E-state index in [0.717, 1.165) is 41.8 Å². The average Bonchev–Trinajstić information content (AvgIpc) is 2.71. The van der Waals surface area contributed by atoms with Gasteiger partial charge in [-0.15, -0.1) is 0 Å². The number of hydrogen-bond donors (Lipinski definition) is 2. The van der Waals surface area contributed by atoms with E-state index < -0.39 is 0 Å². The molecule has 0 saturated carbocycles. The van der Waals surface area contributed by atoms with Gasteiger partial charge in [-0.2, -0.15) is 5.10 Å². The predicted molar refractivity (Wildman–Crippen MR) is 107 cm³/mol. The summed E-state index contributed by atoms with van der Waals surface area (Å²) in [6.07, 6.45) is 2.83. The molecule has 0 fully saturated rings. The van der Waals surface area contributed by atoms with E-state index in [2.05, 4.69) is 20.7 Å². The van der Waals surface area contributed by atoms with Gasteiger partial charge in [0.25, 0.3) is 5.56 Å². The number of amides is 1. The lowest BCUT2D eigenvalue weighted by molar-refractivity contribution is -0.122. The van der Waals surface area contributed by atoms with Crippen LogP contribution in [0.1, 0.15) is 28.1 Å². The summed E-state index contributed by atoms with van der Waals surface area (Å²) in [5.41, 5.74) is 4.93. The van der Waals surface area contributed by atoms with Crippen molar-refractivity contribution in [3.63, 3.8) is 0 Å². The van der Waals surface area contributed by atoms with E-state index in [1.54, 1.807) is 6.07 Å². The minimum Gasteiger partial charge on any atom is -0.350 e. The zero-order chi connectivity index (χ0) is 19.7. The number of rotatable bonds is 4. The van der Waals surface area contributed by atoms with Gasteiger partial charge in [-0.05, 0) is 49.6 Å². The van der Waals surface area contributed by atoms with Crippen LogP contribution >= 0.6 is 0 Å². The summed E-state index contributed by atoms with van der Waals surface area (Å²) in [7, 11) is 0. The van der Waals surface area contributed by atoms with Crippen LogP contribution in [0.15, 0.2) is 35.3 Å². The molecule has 144 valence electrons. The Bertz CT molecular complexity index is 1120. The van der Waals surface area contributed by atoms with E-state index in [1.807, 2.05) is 38.2 Å². The van der Waals surface area contributed by atoms with Crippen molar-refractivity contribution in [1.29, 1.82) is 0 Å². The number of benzene rings is 1. The third kappa shape index (κ3) is 3.41. The number of nitrogens with one attached hydrogen (secondary N) is 2. The van der Waals surface area contributed by atoms with E-state index in [9.17, 15) is 9.59 Å². The third-order valence-corrected chi connectivity index (χ3v) is 5.28. The fraction of sp³-hybridized carbons (Fsp3) is 0.333. The first-order valence-corrected chi connectivity index (χ1v) is 9.44. The molecule has 0 spiro atoms. The van der Waals surface area contributed by atoms with Gasteiger partial charge in [0.2, 0.25) is 5.91 Å². The van der Waals surface area contributed by atoms with Gasteiger partial charge in [0.1, 0.15) is 6.54 Å². The topological polar surface area (TPSA) is 88.9 Å². The van der Waals surface area contributed by atoms with Crippen molar-refractivity contribution in [3.05, 3.63) is 68.9 Å². The minimum atomic E-state index is -0.252. The first kappa shape index (κ1) is 18.3. The fourth-order valence-electron chi connectivity index (χ4n) is 3.77. The second-order valence-corrected chi connectivity index (χ2v) is 7.12. The van der Waals surface area contributed by atoms with Crippen LogP contribution in [-0.2, 0) is 30.8 Å². The molecule has 0 saturated heterocycles. The molecule has 4 rings (SSSR count). The molecule has 0 aliphatic carbocycles. The van der Waals surface area contributed by atoms with Crippen LogP contribution < -0.4 is 16.2 Å². The van der Waals surface area contributed by atoms with Gasteiger partial charge in [-0.25, -0.2) is 4.68 Å².